The fraction of sp³-hybridized carbons (Fsp3) is 0.455. The molecule has 1 heterocycles. The molecule has 1 saturated heterocycles. The van der Waals surface area contributed by atoms with Gasteiger partial charge >= 0.3 is 0 Å². The molecule has 18 heavy (non-hydrogen) atoms. The normalized spacial score (nSPS) is 16.9. The molecule has 0 spiro atoms. The first-order valence-corrected chi connectivity index (χ1v) is 6.73. The number of nitro groups is 1. The number of hydrogen-bond acceptors (Lipinski definition) is 4. The first-order chi connectivity index (χ1) is 8.49. The lowest BCUT2D eigenvalue weighted by Gasteiger charge is -2.34. The highest BCUT2D eigenvalue weighted by Gasteiger charge is 2.25. The van der Waals surface area contributed by atoms with Crippen molar-refractivity contribution in [2.45, 2.75) is 0 Å². The van der Waals surface area contributed by atoms with Gasteiger partial charge in [0.25, 0.3) is 5.69 Å². The van der Waals surface area contributed by atoms with Crippen LogP contribution in [0.4, 0.5) is 11.4 Å². The molecule has 1 aromatic rings. The van der Waals surface area contributed by atoms with E-state index >= 15 is 0 Å². The molecule has 1 aliphatic rings. The zero-order valence-corrected chi connectivity index (χ0v) is 12.2. The number of rotatable bonds is 2. The monoisotopic (exact) mass is 333 g/mol. The molecule has 2 rings (SSSR count). The van der Waals surface area contributed by atoms with Crippen molar-refractivity contribution in [2.75, 3.05) is 38.1 Å². The van der Waals surface area contributed by atoms with Crippen molar-refractivity contribution >= 4 is 38.9 Å². The van der Waals surface area contributed by atoms with Gasteiger partial charge in [0, 0.05) is 36.7 Å². The SMILES string of the molecule is CN1CCN(c2c(Cl)cc(Br)cc2[N+](=O)[O-])CC1. The van der Waals surface area contributed by atoms with Gasteiger partial charge in [0.1, 0.15) is 5.69 Å². The highest BCUT2D eigenvalue weighted by Crippen LogP contribution is 2.38. The van der Waals surface area contributed by atoms with Gasteiger partial charge < -0.3 is 9.80 Å². The van der Waals surface area contributed by atoms with Crippen molar-refractivity contribution in [3.8, 4) is 0 Å². The molecule has 0 aliphatic carbocycles. The Hall–Kier alpha value is -0.850. The summed E-state index contributed by atoms with van der Waals surface area (Å²) in [6.07, 6.45) is 0. The third-order valence-electron chi connectivity index (χ3n) is 3.02. The lowest BCUT2D eigenvalue weighted by Crippen LogP contribution is -2.44. The molecule has 1 fully saturated rings. The van der Waals surface area contributed by atoms with Crippen molar-refractivity contribution in [3.05, 3.63) is 31.7 Å². The molecular weight excluding hydrogens is 321 g/mol. The summed E-state index contributed by atoms with van der Waals surface area (Å²) in [5, 5.41) is 11.5. The minimum atomic E-state index is -0.385. The molecule has 1 aliphatic heterocycles. The third kappa shape index (κ3) is 2.76. The van der Waals surface area contributed by atoms with Gasteiger partial charge in [0.15, 0.2) is 0 Å². The number of likely N-dealkylation sites (N-methyl/N-ethyl adjacent to an activating group) is 1. The summed E-state index contributed by atoms with van der Waals surface area (Å²) < 4.78 is 0.622. The fourth-order valence-corrected chi connectivity index (χ4v) is 2.95. The highest BCUT2D eigenvalue weighted by atomic mass is 79.9. The van der Waals surface area contributed by atoms with Gasteiger partial charge in [-0.15, -0.1) is 0 Å². The van der Waals surface area contributed by atoms with E-state index in [-0.39, 0.29) is 10.6 Å². The predicted molar refractivity (Wildman–Crippen MR) is 75.5 cm³/mol. The van der Waals surface area contributed by atoms with Crippen LogP contribution < -0.4 is 4.90 Å². The van der Waals surface area contributed by atoms with E-state index in [2.05, 4.69) is 20.8 Å². The minimum Gasteiger partial charge on any atom is -0.362 e. The summed E-state index contributed by atoms with van der Waals surface area (Å²) in [5.74, 6) is 0. The van der Waals surface area contributed by atoms with Crippen molar-refractivity contribution in [2.24, 2.45) is 0 Å². The summed E-state index contributed by atoms with van der Waals surface area (Å²) >= 11 is 9.39. The quantitative estimate of drug-likeness (QED) is 0.616. The number of halogens is 2. The van der Waals surface area contributed by atoms with Crippen LogP contribution in [0.1, 0.15) is 0 Å². The second-order valence-corrected chi connectivity index (χ2v) is 5.63. The van der Waals surface area contributed by atoms with Crippen molar-refractivity contribution < 1.29 is 4.92 Å². The molecule has 0 unspecified atom stereocenters. The number of nitro benzene ring substituents is 1. The highest BCUT2D eigenvalue weighted by molar-refractivity contribution is 9.10. The van der Waals surface area contributed by atoms with E-state index in [0.717, 1.165) is 26.2 Å². The Balaban J connectivity index is 2.39. The predicted octanol–water partition coefficient (Wildman–Crippen LogP) is 2.76. The zero-order chi connectivity index (χ0) is 13.3. The molecule has 0 atom stereocenters. The Morgan fingerprint density at radius 1 is 1.33 bits per heavy atom. The standard InChI is InChI=1S/C11H13BrClN3O2/c1-14-2-4-15(5-3-14)11-9(13)6-8(12)7-10(11)16(17)18/h6-7H,2-5H2,1H3. The number of piperazine rings is 1. The second-order valence-electron chi connectivity index (χ2n) is 4.30. The van der Waals surface area contributed by atoms with E-state index in [1.54, 1.807) is 6.07 Å². The topological polar surface area (TPSA) is 49.6 Å². The summed E-state index contributed by atoms with van der Waals surface area (Å²) in [7, 11) is 2.04. The van der Waals surface area contributed by atoms with Crippen molar-refractivity contribution in [3.63, 3.8) is 0 Å². The maximum atomic E-state index is 11.1. The van der Waals surface area contributed by atoms with Crippen LogP contribution in [0.2, 0.25) is 5.02 Å². The average molecular weight is 335 g/mol. The molecule has 0 saturated carbocycles. The van der Waals surface area contributed by atoms with Gasteiger partial charge in [-0.25, -0.2) is 0 Å². The maximum absolute atomic E-state index is 11.1. The Morgan fingerprint density at radius 2 is 1.94 bits per heavy atom. The van der Waals surface area contributed by atoms with Gasteiger partial charge in [-0.1, -0.05) is 27.5 Å². The van der Waals surface area contributed by atoms with E-state index in [0.29, 0.717) is 15.2 Å². The number of benzene rings is 1. The lowest BCUT2D eigenvalue weighted by atomic mass is 10.2. The zero-order valence-electron chi connectivity index (χ0n) is 9.90. The van der Waals surface area contributed by atoms with Crippen LogP contribution in [0.25, 0.3) is 0 Å². The van der Waals surface area contributed by atoms with Crippen molar-refractivity contribution in [1.82, 2.24) is 4.90 Å². The molecule has 0 N–H and O–H groups in total. The largest absolute Gasteiger partial charge is 0.362 e. The van der Waals surface area contributed by atoms with Gasteiger partial charge in [-0.2, -0.15) is 0 Å². The third-order valence-corrected chi connectivity index (χ3v) is 3.77. The van der Waals surface area contributed by atoms with Crippen LogP contribution in [0.3, 0.4) is 0 Å². The number of nitrogens with zero attached hydrogens (tertiary/aromatic N) is 3. The Bertz CT molecular complexity index is 476. The first-order valence-electron chi connectivity index (χ1n) is 5.56. The number of anilines is 1. The van der Waals surface area contributed by atoms with Gasteiger partial charge in [-0.05, 0) is 13.1 Å². The maximum Gasteiger partial charge on any atom is 0.295 e. The molecule has 5 nitrogen and oxygen atoms in total. The fourth-order valence-electron chi connectivity index (χ4n) is 2.03. The van der Waals surface area contributed by atoms with Crippen LogP contribution in [0.15, 0.2) is 16.6 Å². The Morgan fingerprint density at radius 3 is 2.50 bits per heavy atom. The summed E-state index contributed by atoms with van der Waals surface area (Å²) in [6.45, 7) is 3.25. The Labute approximate surface area is 119 Å². The summed E-state index contributed by atoms with van der Waals surface area (Å²) in [6, 6.07) is 3.20. The molecule has 1 aromatic carbocycles. The van der Waals surface area contributed by atoms with Gasteiger partial charge in [-0.3, -0.25) is 10.1 Å². The van der Waals surface area contributed by atoms with Crippen LogP contribution in [-0.4, -0.2) is 43.0 Å². The van der Waals surface area contributed by atoms with E-state index in [4.69, 9.17) is 11.6 Å². The van der Waals surface area contributed by atoms with Crippen LogP contribution >= 0.6 is 27.5 Å². The lowest BCUT2D eigenvalue weighted by molar-refractivity contribution is -0.384. The van der Waals surface area contributed by atoms with Crippen molar-refractivity contribution in [1.29, 1.82) is 0 Å². The summed E-state index contributed by atoms with van der Waals surface area (Å²) in [4.78, 5) is 14.9. The van der Waals surface area contributed by atoms with Crippen LogP contribution in [0, 0.1) is 10.1 Å². The Kier molecular flexibility index (Phi) is 4.09. The molecule has 0 radical (unpaired) electrons. The van der Waals surface area contributed by atoms with E-state index < -0.39 is 0 Å². The summed E-state index contributed by atoms with van der Waals surface area (Å²) in [5.41, 5.74) is 0.580. The van der Waals surface area contributed by atoms with E-state index in [1.165, 1.54) is 6.07 Å². The molecule has 7 heteroatoms. The van der Waals surface area contributed by atoms with Gasteiger partial charge in [0.05, 0.1) is 9.95 Å². The molecule has 0 amide bonds. The smallest absolute Gasteiger partial charge is 0.295 e. The number of hydrogen-bond donors (Lipinski definition) is 0. The van der Waals surface area contributed by atoms with Crippen LogP contribution in [-0.2, 0) is 0 Å². The minimum absolute atomic E-state index is 0.0546. The van der Waals surface area contributed by atoms with Gasteiger partial charge in [0.2, 0.25) is 0 Å². The molecule has 98 valence electrons. The molecular formula is C11H13BrClN3O2. The van der Waals surface area contributed by atoms with E-state index in [1.807, 2.05) is 11.9 Å². The average Bonchev–Trinajstić information content (AvgIpc) is 2.29. The van der Waals surface area contributed by atoms with Crippen LogP contribution in [0.5, 0.6) is 0 Å². The molecule has 0 aromatic heterocycles. The van der Waals surface area contributed by atoms with E-state index in [9.17, 15) is 10.1 Å². The molecule has 0 bridgehead atoms. The first kappa shape index (κ1) is 13.6. The second kappa shape index (κ2) is 5.42.